The summed E-state index contributed by atoms with van der Waals surface area (Å²) >= 11 is 7.48. The number of aromatic amines is 1. The summed E-state index contributed by atoms with van der Waals surface area (Å²) in [4.78, 5) is 16.8. The molecular weight excluding hydrogens is 462 g/mol. The van der Waals surface area contributed by atoms with Gasteiger partial charge in [0.25, 0.3) is 0 Å². The molecule has 0 aliphatic carbocycles. The molecule has 0 spiro atoms. The van der Waals surface area contributed by atoms with E-state index in [-0.39, 0.29) is 23.1 Å². The highest BCUT2D eigenvalue weighted by Crippen LogP contribution is 2.32. The first-order valence-corrected chi connectivity index (χ1v) is 12.8. The van der Waals surface area contributed by atoms with Crippen LogP contribution in [0.2, 0.25) is 5.02 Å². The van der Waals surface area contributed by atoms with Crippen LogP contribution in [0, 0.1) is 12.8 Å². The number of carbonyl (C=O) groups is 1. The molecule has 1 aliphatic rings. The SMILES string of the molecule is CCOc1ccc(Cl)cc1S(=O)(=O)N1CCC[C@@H](C(=O)NCCSc2n[nH]c(C)n2)C1. The van der Waals surface area contributed by atoms with Gasteiger partial charge in [0.15, 0.2) is 0 Å². The van der Waals surface area contributed by atoms with Gasteiger partial charge in [0.2, 0.25) is 21.1 Å². The lowest BCUT2D eigenvalue weighted by Gasteiger charge is -2.31. The third-order valence-electron chi connectivity index (χ3n) is 4.79. The Bertz CT molecular complexity index is 1010. The van der Waals surface area contributed by atoms with Crippen LogP contribution in [0.5, 0.6) is 5.75 Å². The summed E-state index contributed by atoms with van der Waals surface area (Å²) in [7, 11) is -3.84. The lowest BCUT2D eigenvalue weighted by Crippen LogP contribution is -2.45. The minimum atomic E-state index is -3.84. The molecule has 2 aromatic rings. The van der Waals surface area contributed by atoms with E-state index < -0.39 is 15.9 Å². The second-order valence-electron chi connectivity index (χ2n) is 7.07. The first-order chi connectivity index (χ1) is 14.8. The summed E-state index contributed by atoms with van der Waals surface area (Å²) in [6.07, 6.45) is 1.24. The number of H-pyrrole nitrogens is 1. The van der Waals surface area contributed by atoms with E-state index in [2.05, 4.69) is 20.5 Å². The minimum Gasteiger partial charge on any atom is -0.492 e. The van der Waals surface area contributed by atoms with E-state index in [1.807, 2.05) is 6.92 Å². The molecule has 0 bridgehead atoms. The van der Waals surface area contributed by atoms with Crippen LogP contribution >= 0.6 is 23.4 Å². The van der Waals surface area contributed by atoms with Crippen molar-refractivity contribution in [2.45, 2.75) is 36.7 Å². The predicted octanol–water partition coefficient (Wildman–Crippen LogP) is 2.47. The van der Waals surface area contributed by atoms with Gasteiger partial charge in [-0.15, -0.1) is 5.10 Å². The first kappa shape index (κ1) is 23.8. The molecule has 1 saturated heterocycles. The Balaban J connectivity index is 1.60. The molecule has 0 unspecified atom stereocenters. The van der Waals surface area contributed by atoms with Gasteiger partial charge in [-0.3, -0.25) is 9.89 Å². The molecule has 12 heteroatoms. The number of aryl methyl sites for hydroxylation is 1. The van der Waals surface area contributed by atoms with Crippen molar-refractivity contribution < 1.29 is 17.9 Å². The quantitative estimate of drug-likeness (QED) is 0.412. The van der Waals surface area contributed by atoms with Gasteiger partial charge in [0.1, 0.15) is 16.5 Å². The van der Waals surface area contributed by atoms with Crippen LogP contribution in [0.15, 0.2) is 28.3 Å². The van der Waals surface area contributed by atoms with Gasteiger partial charge >= 0.3 is 0 Å². The fourth-order valence-electron chi connectivity index (χ4n) is 3.32. The fourth-order valence-corrected chi connectivity index (χ4v) is 5.94. The average Bonchev–Trinajstić information content (AvgIpc) is 3.17. The van der Waals surface area contributed by atoms with Crippen molar-refractivity contribution in [2.24, 2.45) is 5.92 Å². The Kier molecular flexibility index (Phi) is 8.20. The molecule has 1 aliphatic heterocycles. The Morgan fingerprint density at radius 3 is 2.97 bits per heavy atom. The molecule has 3 rings (SSSR count). The molecule has 170 valence electrons. The Morgan fingerprint density at radius 1 is 1.45 bits per heavy atom. The zero-order valence-electron chi connectivity index (χ0n) is 17.4. The van der Waals surface area contributed by atoms with Crippen molar-refractivity contribution in [3.8, 4) is 5.75 Å². The van der Waals surface area contributed by atoms with Crippen LogP contribution in [0.1, 0.15) is 25.6 Å². The van der Waals surface area contributed by atoms with E-state index in [1.165, 1.54) is 22.1 Å². The van der Waals surface area contributed by atoms with Crippen LogP contribution < -0.4 is 10.1 Å². The average molecular weight is 488 g/mol. The van der Waals surface area contributed by atoms with Gasteiger partial charge in [-0.1, -0.05) is 23.4 Å². The first-order valence-electron chi connectivity index (χ1n) is 10.0. The molecule has 1 atom stereocenters. The number of benzene rings is 1. The zero-order valence-corrected chi connectivity index (χ0v) is 19.8. The number of piperidine rings is 1. The van der Waals surface area contributed by atoms with E-state index in [1.54, 1.807) is 19.1 Å². The fraction of sp³-hybridized carbons (Fsp3) is 0.526. The van der Waals surface area contributed by atoms with Crippen LogP contribution in [0.3, 0.4) is 0 Å². The largest absolute Gasteiger partial charge is 0.492 e. The molecule has 31 heavy (non-hydrogen) atoms. The van der Waals surface area contributed by atoms with E-state index in [0.717, 1.165) is 5.82 Å². The minimum absolute atomic E-state index is 0.0288. The maximum atomic E-state index is 13.3. The number of hydrogen-bond donors (Lipinski definition) is 2. The van der Waals surface area contributed by atoms with E-state index in [4.69, 9.17) is 16.3 Å². The van der Waals surface area contributed by atoms with Crippen LogP contribution in [0.4, 0.5) is 0 Å². The predicted molar refractivity (Wildman–Crippen MR) is 119 cm³/mol. The number of rotatable bonds is 9. The van der Waals surface area contributed by atoms with Crippen molar-refractivity contribution in [1.82, 2.24) is 24.8 Å². The lowest BCUT2D eigenvalue weighted by atomic mass is 9.99. The maximum absolute atomic E-state index is 13.3. The molecule has 0 saturated carbocycles. The molecule has 9 nitrogen and oxygen atoms in total. The summed E-state index contributed by atoms with van der Waals surface area (Å²) in [5.74, 6) is 1.06. The van der Waals surface area contributed by atoms with Crippen molar-refractivity contribution in [3.63, 3.8) is 0 Å². The number of sulfonamides is 1. The third kappa shape index (κ3) is 6.12. The molecule has 1 fully saturated rings. The topological polar surface area (TPSA) is 117 Å². The van der Waals surface area contributed by atoms with Crippen LogP contribution in [-0.2, 0) is 14.8 Å². The Hall–Kier alpha value is -1.82. The van der Waals surface area contributed by atoms with Gasteiger partial charge < -0.3 is 10.1 Å². The van der Waals surface area contributed by atoms with Crippen LogP contribution in [0.25, 0.3) is 0 Å². The molecule has 2 N–H and O–H groups in total. The number of hydrogen-bond acceptors (Lipinski definition) is 7. The number of ether oxygens (including phenoxy) is 1. The number of nitrogens with one attached hydrogen (secondary N) is 2. The monoisotopic (exact) mass is 487 g/mol. The second kappa shape index (κ2) is 10.7. The van der Waals surface area contributed by atoms with Crippen molar-refractivity contribution in [2.75, 3.05) is 32.0 Å². The molecule has 1 aromatic carbocycles. The van der Waals surface area contributed by atoms with Crippen molar-refractivity contribution in [3.05, 3.63) is 29.0 Å². The summed E-state index contributed by atoms with van der Waals surface area (Å²) in [6, 6.07) is 4.55. The summed E-state index contributed by atoms with van der Waals surface area (Å²) < 4.78 is 33.4. The van der Waals surface area contributed by atoms with Gasteiger partial charge in [0.05, 0.1) is 12.5 Å². The van der Waals surface area contributed by atoms with E-state index >= 15 is 0 Å². The highest BCUT2D eigenvalue weighted by Gasteiger charge is 2.35. The molecular formula is C19H26ClN5O4S2. The number of aromatic nitrogens is 3. The summed E-state index contributed by atoms with van der Waals surface area (Å²) in [5.41, 5.74) is 0. The second-order valence-corrected chi connectivity index (χ2v) is 10.5. The number of amides is 1. The van der Waals surface area contributed by atoms with Crippen molar-refractivity contribution >= 4 is 39.3 Å². The molecule has 1 amide bonds. The van der Waals surface area contributed by atoms with Gasteiger partial charge in [-0.25, -0.2) is 13.4 Å². The number of carbonyl (C=O) groups excluding carboxylic acids is 1. The molecule has 1 aromatic heterocycles. The zero-order chi connectivity index (χ0) is 22.4. The van der Waals surface area contributed by atoms with Gasteiger partial charge in [0, 0.05) is 30.4 Å². The Labute approximate surface area is 191 Å². The molecule has 2 heterocycles. The summed E-state index contributed by atoms with van der Waals surface area (Å²) in [5, 5.41) is 10.6. The summed E-state index contributed by atoms with van der Waals surface area (Å²) in [6.45, 7) is 4.86. The lowest BCUT2D eigenvalue weighted by molar-refractivity contribution is -0.125. The molecule has 0 radical (unpaired) electrons. The van der Waals surface area contributed by atoms with E-state index in [9.17, 15) is 13.2 Å². The normalized spacial score (nSPS) is 17.5. The van der Waals surface area contributed by atoms with Gasteiger partial charge in [-0.2, -0.15) is 4.31 Å². The number of halogens is 1. The standard InChI is InChI=1S/C19H26ClN5O4S2/c1-3-29-16-7-6-15(20)11-17(16)31(27,28)25-9-4-5-14(12-25)18(26)21-8-10-30-19-22-13(2)23-24-19/h6-7,11,14H,3-5,8-10,12H2,1-2H3,(H,21,26)(H,22,23,24)/t14-/m1/s1. The maximum Gasteiger partial charge on any atom is 0.246 e. The Morgan fingerprint density at radius 2 is 2.26 bits per heavy atom. The van der Waals surface area contributed by atoms with Crippen LogP contribution in [-0.4, -0.2) is 65.8 Å². The highest BCUT2D eigenvalue weighted by molar-refractivity contribution is 7.99. The number of thioether (sulfide) groups is 1. The van der Waals surface area contributed by atoms with Gasteiger partial charge in [-0.05, 0) is 44.9 Å². The smallest absolute Gasteiger partial charge is 0.246 e. The third-order valence-corrected chi connectivity index (χ3v) is 7.76. The number of nitrogens with zero attached hydrogens (tertiary/aromatic N) is 3. The highest BCUT2D eigenvalue weighted by atomic mass is 35.5. The van der Waals surface area contributed by atoms with E-state index in [0.29, 0.717) is 48.5 Å². The van der Waals surface area contributed by atoms with Crippen molar-refractivity contribution in [1.29, 1.82) is 0 Å².